The van der Waals surface area contributed by atoms with Crippen LogP contribution in [0.2, 0.25) is 0 Å². The van der Waals surface area contributed by atoms with Gasteiger partial charge in [0.25, 0.3) is 0 Å². The van der Waals surface area contributed by atoms with E-state index in [4.69, 9.17) is 0 Å². The van der Waals surface area contributed by atoms with Gasteiger partial charge in [-0.1, -0.05) is 19.3 Å². The van der Waals surface area contributed by atoms with E-state index >= 15 is 0 Å². The molecule has 0 aromatic rings. The van der Waals surface area contributed by atoms with Crippen molar-refractivity contribution in [2.75, 3.05) is 20.1 Å². The van der Waals surface area contributed by atoms with Gasteiger partial charge in [-0.3, -0.25) is 0 Å². The predicted octanol–water partition coefficient (Wildman–Crippen LogP) is 2.15. The van der Waals surface area contributed by atoms with E-state index in [1.165, 1.54) is 58.0 Å². The fraction of sp³-hybridized carbons (Fsp3) is 1.00. The molecule has 2 aliphatic rings. The van der Waals surface area contributed by atoms with Crippen molar-refractivity contribution in [2.45, 2.75) is 51.0 Å². The minimum absolute atomic E-state index is 0.776. The first-order chi connectivity index (χ1) is 7.42. The fourth-order valence-corrected chi connectivity index (χ4v) is 3.53. The summed E-state index contributed by atoms with van der Waals surface area (Å²) in [6, 6.07) is 0.776. The van der Waals surface area contributed by atoms with Gasteiger partial charge in [-0.2, -0.15) is 0 Å². The van der Waals surface area contributed by atoms with Crippen LogP contribution in [0.15, 0.2) is 0 Å². The molecule has 2 N–H and O–H groups in total. The summed E-state index contributed by atoms with van der Waals surface area (Å²) in [6.07, 6.45) is 10.1. The molecule has 2 unspecified atom stereocenters. The smallest absolute Gasteiger partial charge is 0.0133 e. The third kappa shape index (κ3) is 2.94. The fourth-order valence-electron chi connectivity index (χ4n) is 3.53. The Balaban J connectivity index is 1.88. The molecule has 0 bridgehead atoms. The molecule has 0 aromatic heterocycles. The van der Waals surface area contributed by atoms with E-state index in [1.54, 1.807) is 0 Å². The molecule has 1 saturated heterocycles. The van der Waals surface area contributed by atoms with Crippen molar-refractivity contribution in [2.24, 2.45) is 11.8 Å². The lowest BCUT2D eigenvalue weighted by molar-refractivity contribution is 0.189. The van der Waals surface area contributed by atoms with Crippen LogP contribution in [0.1, 0.15) is 44.9 Å². The van der Waals surface area contributed by atoms with Crippen molar-refractivity contribution in [1.29, 1.82) is 0 Å². The van der Waals surface area contributed by atoms with Crippen molar-refractivity contribution >= 4 is 0 Å². The highest BCUT2D eigenvalue weighted by Crippen LogP contribution is 2.31. The summed E-state index contributed by atoms with van der Waals surface area (Å²) in [5.74, 6) is 1.83. The van der Waals surface area contributed by atoms with Crippen LogP contribution in [-0.2, 0) is 0 Å². The van der Waals surface area contributed by atoms with Gasteiger partial charge in [0.05, 0.1) is 0 Å². The minimum atomic E-state index is 0.776. The van der Waals surface area contributed by atoms with Crippen LogP contribution in [-0.4, -0.2) is 26.2 Å². The van der Waals surface area contributed by atoms with Gasteiger partial charge in [0.15, 0.2) is 0 Å². The Hall–Kier alpha value is -0.0800. The van der Waals surface area contributed by atoms with E-state index in [0.717, 1.165) is 17.9 Å². The molecule has 1 saturated carbocycles. The van der Waals surface area contributed by atoms with Crippen LogP contribution in [0.25, 0.3) is 0 Å². The molecule has 2 atom stereocenters. The average molecular weight is 210 g/mol. The highest BCUT2D eigenvalue weighted by Gasteiger charge is 2.29. The monoisotopic (exact) mass is 210 g/mol. The lowest BCUT2D eigenvalue weighted by Gasteiger charge is -2.37. The summed E-state index contributed by atoms with van der Waals surface area (Å²) < 4.78 is 0. The van der Waals surface area contributed by atoms with Crippen molar-refractivity contribution < 1.29 is 0 Å². The molecule has 1 aliphatic carbocycles. The highest BCUT2D eigenvalue weighted by molar-refractivity contribution is 4.86. The third-order valence-corrected chi connectivity index (χ3v) is 4.33. The molecule has 2 rings (SSSR count). The lowest BCUT2D eigenvalue weighted by Crippen LogP contribution is -2.47. The summed E-state index contributed by atoms with van der Waals surface area (Å²) in [4.78, 5) is 0. The minimum Gasteiger partial charge on any atom is -0.316 e. The van der Waals surface area contributed by atoms with E-state index < -0.39 is 0 Å². The summed E-state index contributed by atoms with van der Waals surface area (Å²) in [6.45, 7) is 2.47. The van der Waals surface area contributed by atoms with E-state index in [0.29, 0.717) is 0 Å². The molecule has 15 heavy (non-hydrogen) atoms. The first-order valence-electron chi connectivity index (χ1n) is 6.80. The summed E-state index contributed by atoms with van der Waals surface area (Å²) in [5, 5.41) is 7.15. The Morgan fingerprint density at radius 2 is 1.73 bits per heavy atom. The van der Waals surface area contributed by atoms with Crippen molar-refractivity contribution in [1.82, 2.24) is 10.6 Å². The number of nitrogens with one attached hydrogen (secondary N) is 2. The SMILES string of the molecule is CNC(C1CCCCC1)C1CCCNC1. The number of rotatable bonds is 3. The van der Waals surface area contributed by atoms with Gasteiger partial charge in [-0.05, 0) is 57.7 Å². The van der Waals surface area contributed by atoms with Crippen LogP contribution >= 0.6 is 0 Å². The van der Waals surface area contributed by atoms with Gasteiger partial charge in [0.2, 0.25) is 0 Å². The Bertz CT molecular complexity index is 151. The average Bonchev–Trinajstić information content (AvgIpc) is 2.33. The second-order valence-electron chi connectivity index (χ2n) is 5.32. The molecule has 2 nitrogen and oxygen atoms in total. The molecule has 0 spiro atoms. The molecule has 0 aromatic carbocycles. The zero-order valence-corrected chi connectivity index (χ0v) is 10.1. The van der Waals surface area contributed by atoms with E-state index in [9.17, 15) is 0 Å². The van der Waals surface area contributed by atoms with Crippen LogP contribution in [0.4, 0.5) is 0 Å². The van der Waals surface area contributed by atoms with Gasteiger partial charge >= 0.3 is 0 Å². The second-order valence-corrected chi connectivity index (χ2v) is 5.32. The predicted molar refractivity (Wildman–Crippen MR) is 65.0 cm³/mol. The van der Waals surface area contributed by atoms with Gasteiger partial charge in [0, 0.05) is 6.04 Å². The van der Waals surface area contributed by atoms with Gasteiger partial charge in [0.1, 0.15) is 0 Å². The Labute approximate surface area is 94.2 Å². The topological polar surface area (TPSA) is 24.1 Å². The third-order valence-electron chi connectivity index (χ3n) is 4.33. The van der Waals surface area contributed by atoms with Gasteiger partial charge < -0.3 is 10.6 Å². The molecule has 88 valence electrons. The molecule has 0 amide bonds. The molecule has 1 heterocycles. The Morgan fingerprint density at radius 3 is 2.33 bits per heavy atom. The molecule has 2 heteroatoms. The van der Waals surface area contributed by atoms with Crippen LogP contribution < -0.4 is 10.6 Å². The molecule has 2 fully saturated rings. The van der Waals surface area contributed by atoms with E-state index in [1.807, 2.05) is 0 Å². The highest BCUT2D eigenvalue weighted by atomic mass is 14.9. The van der Waals surface area contributed by atoms with Crippen LogP contribution in [0.5, 0.6) is 0 Å². The van der Waals surface area contributed by atoms with Crippen molar-refractivity contribution in [3.63, 3.8) is 0 Å². The first kappa shape index (κ1) is 11.4. The van der Waals surface area contributed by atoms with Gasteiger partial charge in [-0.15, -0.1) is 0 Å². The summed E-state index contributed by atoms with van der Waals surface area (Å²) in [5.41, 5.74) is 0. The summed E-state index contributed by atoms with van der Waals surface area (Å²) in [7, 11) is 2.16. The standard InChI is InChI=1S/C13H26N2/c1-14-13(11-6-3-2-4-7-11)12-8-5-9-15-10-12/h11-15H,2-10H2,1H3. The summed E-state index contributed by atoms with van der Waals surface area (Å²) >= 11 is 0. The number of piperidine rings is 1. The maximum atomic E-state index is 3.60. The first-order valence-corrected chi connectivity index (χ1v) is 6.80. The number of hydrogen-bond donors (Lipinski definition) is 2. The van der Waals surface area contributed by atoms with Crippen LogP contribution in [0.3, 0.4) is 0 Å². The zero-order chi connectivity index (χ0) is 10.5. The van der Waals surface area contributed by atoms with E-state index in [2.05, 4.69) is 17.7 Å². The van der Waals surface area contributed by atoms with Crippen molar-refractivity contribution in [3.8, 4) is 0 Å². The molecule has 0 radical (unpaired) electrons. The van der Waals surface area contributed by atoms with Crippen LogP contribution in [0, 0.1) is 11.8 Å². The molecular formula is C13H26N2. The number of hydrogen-bond acceptors (Lipinski definition) is 2. The van der Waals surface area contributed by atoms with Crippen molar-refractivity contribution in [3.05, 3.63) is 0 Å². The largest absolute Gasteiger partial charge is 0.316 e. The van der Waals surface area contributed by atoms with Gasteiger partial charge in [-0.25, -0.2) is 0 Å². The lowest BCUT2D eigenvalue weighted by atomic mass is 9.76. The van der Waals surface area contributed by atoms with E-state index in [-0.39, 0.29) is 0 Å². The quantitative estimate of drug-likeness (QED) is 0.746. The second kappa shape index (κ2) is 5.86. The molecule has 1 aliphatic heterocycles. The maximum Gasteiger partial charge on any atom is 0.0133 e. The molecular weight excluding hydrogens is 184 g/mol. The Kier molecular flexibility index (Phi) is 4.45. The maximum absolute atomic E-state index is 3.60. The zero-order valence-electron chi connectivity index (χ0n) is 10.1. The Morgan fingerprint density at radius 1 is 1.00 bits per heavy atom. The normalized spacial score (nSPS) is 31.4.